The highest BCUT2D eigenvalue weighted by Gasteiger charge is 2.20. The van der Waals surface area contributed by atoms with Gasteiger partial charge in [0.15, 0.2) is 0 Å². The fraction of sp³-hybridized carbons (Fsp3) is 0.214. The zero-order valence-corrected chi connectivity index (χ0v) is 11.8. The Balaban J connectivity index is 1.86. The van der Waals surface area contributed by atoms with Crippen molar-refractivity contribution in [2.45, 2.75) is 13.0 Å². The quantitative estimate of drug-likeness (QED) is 0.760. The van der Waals surface area contributed by atoms with Gasteiger partial charge in [-0.3, -0.25) is 9.48 Å². The number of carbonyl (C=O) groups is 1. The maximum absolute atomic E-state index is 12.5. The Morgan fingerprint density at radius 2 is 2.14 bits per heavy atom. The van der Waals surface area contributed by atoms with Crippen LogP contribution in [0.3, 0.4) is 0 Å². The van der Waals surface area contributed by atoms with Crippen molar-refractivity contribution in [2.24, 2.45) is 7.05 Å². The van der Waals surface area contributed by atoms with E-state index in [0.717, 1.165) is 11.6 Å². The molecule has 0 spiro atoms. The first-order valence-electron chi connectivity index (χ1n) is 6.62. The Bertz CT molecular complexity index is 726. The molecule has 2 N–H and O–H groups in total. The molecule has 1 atom stereocenters. The van der Waals surface area contributed by atoms with E-state index in [1.54, 1.807) is 23.3 Å². The molecule has 0 saturated heterocycles. The Hall–Kier alpha value is -2.83. The van der Waals surface area contributed by atoms with Gasteiger partial charge in [0.2, 0.25) is 0 Å². The highest BCUT2D eigenvalue weighted by atomic mass is 16.1. The molecule has 0 saturated carbocycles. The Morgan fingerprint density at radius 3 is 2.81 bits per heavy atom. The van der Waals surface area contributed by atoms with E-state index in [-0.39, 0.29) is 11.9 Å². The molecule has 21 heavy (non-hydrogen) atoms. The lowest BCUT2D eigenvalue weighted by atomic mass is 10.2. The molecular formula is C14H16N6O. The van der Waals surface area contributed by atoms with Gasteiger partial charge in [0, 0.05) is 31.8 Å². The van der Waals surface area contributed by atoms with Crippen molar-refractivity contribution >= 4 is 5.91 Å². The molecule has 0 aromatic carbocycles. The van der Waals surface area contributed by atoms with Crippen LogP contribution in [0.25, 0.3) is 5.82 Å². The van der Waals surface area contributed by atoms with Crippen LogP contribution in [0.15, 0.2) is 43.1 Å². The summed E-state index contributed by atoms with van der Waals surface area (Å²) in [7, 11) is 1.81. The molecule has 7 nitrogen and oxygen atoms in total. The second-order valence-electron chi connectivity index (χ2n) is 4.77. The predicted molar refractivity (Wildman–Crippen MR) is 77.0 cm³/mol. The average molecular weight is 284 g/mol. The van der Waals surface area contributed by atoms with Crippen molar-refractivity contribution in [1.82, 2.24) is 29.6 Å². The van der Waals surface area contributed by atoms with E-state index < -0.39 is 0 Å². The van der Waals surface area contributed by atoms with Crippen molar-refractivity contribution in [1.29, 1.82) is 0 Å². The van der Waals surface area contributed by atoms with Crippen LogP contribution in [-0.4, -0.2) is 30.2 Å². The first kappa shape index (κ1) is 13.2. The third-order valence-corrected chi connectivity index (χ3v) is 3.28. The van der Waals surface area contributed by atoms with Crippen molar-refractivity contribution in [3.05, 3.63) is 54.5 Å². The summed E-state index contributed by atoms with van der Waals surface area (Å²) < 4.78 is 3.53. The smallest absolute Gasteiger partial charge is 0.257 e. The number of nitrogens with zero attached hydrogens (tertiary/aromatic N) is 4. The van der Waals surface area contributed by atoms with Gasteiger partial charge in [0.05, 0.1) is 12.2 Å². The summed E-state index contributed by atoms with van der Waals surface area (Å²) in [6.45, 7) is 1.88. The van der Waals surface area contributed by atoms with E-state index in [2.05, 4.69) is 20.4 Å². The Morgan fingerprint density at radius 1 is 1.38 bits per heavy atom. The number of hydrogen-bond acceptors (Lipinski definition) is 3. The van der Waals surface area contributed by atoms with Crippen LogP contribution in [0.4, 0.5) is 0 Å². The van der Waals surface area contributed by atoms with Gasteiger partial charge in [0.1, 0.15) is 17.2 Å². The first-order chi connectivity index (χ1) is 10.2. The molecule has 0 fully saturated rings. The van der Waals surface area contributed by atoms with Crippen LogP contribution in [0.1, 0.15) is 29.1 Å². The molecule has 7 heteroatoms. The number of carbonyl (C=O) groups excluding carboxylic acids is 1. The summed E-state index contributed by atoms with van der Waals surface area (Å²) >= 11 is 0. The van der Waals surface area contributed by atoms with Crippen molar-refractivity contribution < 1.29 is 4.79 Å². The molecule has 1 amide bonds. The maximum Gasteiger partial charge on any atom is 0.257 e. The largest absolute Gasteiger partial charge is 0.347 e. The van der Waals surface area contributed by atoms with Crippen molar-refractivity contribution in [3.63, 3.8) is 0 Å². The molecule has 3 aromatic rings. The van der Waals surface area contributed by atoms with E-state index in [4.69, 9.17) is 0 Å². The van der Waals surface area contributed by atoms with Crippen LogP contribution >= 0.6 is 0 Å². The van der Waals surface area contributed by atoms with Gasteiger partial charge in [-0.25, -0.2) is 4.98 Å². The lowest BCUT2D eigenvalue weighted by Crippen LogP contribution is -2.28. The van der Waals surface area contributed by atoms with Crippen LogP contribution in [0, 0.1) is 0 Å². The molecule has 108 valence electrons. The Labute approximate surface area is 121 Å². The average Bonchev–Trinajstić information content (AvgIpc) is 3.19. The minimum absolute atomic E-state index is 0.185. The molecule has 0 radical (unpaired) electrons. The zero-order chi connectivity index (χ0) is 14.8. The number of nitrogens with one attached hydrogen (secondary N) is 2. The van der Waals surface area contributed by atoms with E-state index >= 15 is 0 Å². The fourth-order valence-corrected chi connectivity index (χ4v) is 2.23. The third-order valence-electron chi connectivity index (χ3n) is 3.28. The summed E-state index contributed by atoms with van der Waals surface area (Å²) in [6.07, 6.45) is 8.72. The third kappa shape index (κ3) is 2.45. The van der Waals surface area contributed by atoms with Crippen LogP contribution in [0.2, 0.25) is 0 Å². The monoisotopic (exact) mass is 284 g/mol. The van der Waals surface area contributed by atoms with Crippen molar-refractivity contribution in [2.75, 3.05) is 0 Å². The second-order valence-corrected chi connectivity index (χ2v) is 4.77. The summed E-state index contributed by atoms with van der Waals surface area (Å²) in [6, 6.07) is 3.60. The van der Waals surface area contributed by atoms with E-state index in [1.165, 1.54) is 0 Å². The number of aromatic amines is 1. The fourth-order valence-electron chi connectivity index (χ4n) is 2.23. The number of aryl methyl sites for hydroxylation is 1. The number of imidazole rings is 1. The molecule has 3 heterocycles. The Kier molecular flexibility index (Phi) is 3.31. The van der Waals surface area contributed by atoms with Gasteiger partial charge < -0.3 is 14.9 Å². The topological polar surface area (TPSA) is 80.5 Å². The summed E-state index contributed by atoms with van der Waals surface area (Å²) in [4.78, 5) is 19.6. The van der Waals surface area contributed by atoms with Gasteiger partial charge in [-0.15, -0.1) is 0 Å². The van der Waals surface area contributed by atoms with Crippen molar-refractivity contribution in [3.8, 4) is 5.82 Å². The van der Waals surface area contributed by atoms with Gasteiger partial charge >= 0.3 is 0 Å². The molecule has 0 bridgehead atoms. The molecular weight excluding hydrogens is 268 g/mol. The highest BCUT2D eigenvalue weighted by Crippen LogP contribution is 2.15. The van der Waals surface area contributed by atoms with Gasteiger partial charge in [-0.2, -0.15) is 5.10 Å². The number of rotatable bonds is 4. The van der Waals surface area contributed by atoms with E-state index in [9.17, 15) is 4.79 Å². The molecule has 3 rings (SSSR count). The number of amides is 1. The zero-order valence-electron chi connectivity index (χ0n) is 11.8. The minimum atomic E-state index is -0.204. The maximum atomic E-state index is 12.5. The number of hydrogen-bond donors (Lipinski definition) is 2. The van der Waals surface area contributed by atoms with Gasteiger partial charge in [-0.05, 0) is 19.1 Å². The standard InChI is InChI=1S/C14H16N6O/c1-10(12-15-5-6-16-12)18-13(21)11-9-17-19(2)14(11)20-7-3-4-8-20/h3-10H,1-2H3,(H,15,16)(H,18,21). The first-order valence-corrected chi connectivity index (χ1v) is 6.62. The summed E-state index contributed by atoms with van der Waals surface area (Å²) in [5.41, 5.74) is 0.520. The molecule has 0 aliphatic heterocycles. The lowest BCUT2D eigenvalue weighted by Gasteiger charge is -2.12. The number of aromatic nitrogens is 5. The van der Waals surface area contributed by atoms with Crippen LogP contribution in [-0.2, 0) is 7.05 Å². The second kappa shape index (κ2) is 5.28. The molecule has 1 unspecified atom stereocenters. The minimum Gasteiger partial charge on any atom is -0.347 e. The predicted octanol–water partition coefficient (Wildman–Crippen LogP) is 1.42. The number of H-pyrrole nitrogens is 1. The summed E-state index contributed by atoms with van der Waals surface area (Å²) in [5.74, 6) is 1.26. The SMILES string of the molecule is CC(NC(=O)c1cnn(C)c1-n1cccc1)c1ncc[nH]1. The molecule has 0 aliphatic rings. The van der Waals surface area contributed by atoms with E-state index in [0.29, 0.717) is 5.56 Å². The van der Waals surface area contributed by atoms with Gasteiger partial charge in [0.25, 0.3) is 5.91 Å². The van der Waals surface area contributed by atoms with Crippen LogP contribution < -0.4 is 5.32 Å². The van der Waals surface area contributed by atoms with Gasteiger partial charge in [-0.1, -0.05) is 0 Å². The molecule has 3 aromatic heterocycles. The van der Waals surface area contributed by atoms with E-state index in [1.807, 2.05) is 43.1 Å². The lowest BCUT2D eigenvalue weighted by molar-refractivity contribution is 0.0938. The molecule has 0 aliphatic carbocycles. The highest BCUT2D eigenvalue weighted by molar-refractivity contribution is 5.97. The summed E-state index contributed by atoms with van der Waals surface area (Å²) in [5, 5.41) is 7.09. The van der Waals surface area contributed by atoms with Crippen LogP contribution in [0.5, 0.6) is 0 Å². The normalized spacial score (nSPS) is 12.3.